The van der Waals surface area contributed by atoms with E-state index < -0.39 is 29.4 Å². The van der Waals surface area contributed by atoms with Crippen LogP contribution in [0.2, 0.25) is 0 Å². The van der Waals surface area contributed by atoms with Gasteiger partial charge in [0.15, 0.2) is 0 Å². The second-order valence-electron chi connectivity index (χ2n) is 9.59. The lowest BCUT2D eigenvalue weighted by molar-refractivity contribution is -0.153. The van der Waals surface area contributed by atoms with Gasteiger partial charge in [-0.15, -0.1) is 0 Å². The van der Waals surface area contributed by atoms with Crippen molar-refractivity contribution in [3.63, 3.8) is 0 Å². The molecule has 1 aromatic carbocycles. The normalized spacial score (nSPS) is 36.0. The molecule has 1 heterocycles. The molecule has 1 aliphatic heterocycles. The predicted molar refractivity (Wildman–Crippen MR) is 106 cm³/mol. The van der Waals surface area contributed by atoms with Crippen molar-refractivity contribution in [2.24, 2.45) is 23.0 Å². The number of hydrogen-bond donors (Lipinski definition) is 2. The van der Waals surface area contributed by atoms with Crippen molar-refractivity contribution in [3.05, 3.63) is 35.4 Å². The average molecular weight is 411 g/mol. The van der Waals surface area contributed by atoms with Gasteiger partial charge in [-0.25, -0.2) is 8.78 Å². The Balaban J connectivity index is 1.76. The lowest BCUT2D eigenvalue weighted by atomic mass is 9.66. The molecule has 6 unspecified atom stereocenters. The third-order valence-electron chi connectivity index (χ3n) is 7.26. The van der Waals surface area contributed by atoms with Gasteiger partial charge in [-0.2, -0.15) is 0 Å². The van der Waals surface area contributed by atoms with Crippen LogP contribution in [-0.4, -0.2) is 46.3 Å². The van der Waals surface area contributed by atoms with Crippen LogP contribution in [0.5, 0.6) is 0 Å². The molecular weight excluding hydrogens is 378 g/mol. The van der Waals surface area contributed by atoms with Crippen LogP contribution in [0.3, 0.4) is 0 Å². The summed E-state index contributed by atoms with van der Waals surface area (Å²) in [6.45, 7) is 9.94. The molecule has 0 aromatic heterocycles. The van der Waals surface area contributed by atoms with Crippen molar-refractivity contribution in [1.82, 2.24) is 4.90 Å². The Morgan fingerprint density at radius 3 is 2.41 bits per heavy atom. The number of carbonyl (C=O) groups is 1. The number of hydrogen-bond acceptors (Lipinski definition) is 4. The molecule has 1 saturated heterocycles. The summed E-state index contributed by atoms with van der Waals surface area (Å²) in [5.41, 5.74) is 5.77. The van der Waals surface area contributed by atoms with Gasteiger partial charge in [-0.3, -0.25) is 4.79 Å². The highest BCUT2D eigenvalue weighted by Gasteiger charge is 2.64. The van der Waals surface area contributed by atoms with Gasteiger partial charge in [0.2, 0.25) is 5.91 Å². The monoisotopic (exact) mass is 410 g/mol. The molecule has 5 nitrogen and oxygen atoms in total. The number of aliphatic hydroxyl groups is 1. The van der Waals surface area contributed by atoms with Crippen LogP contribution in [0.25, 0.3) is 0 Å². The van der Waals surface area contributed by atoms with E-state index in [1.807, 2.05) is 6.92 Å². The molecule has 0 radical (unpaired) electrons. The number of nitrogens with two attached hydrogens (primary N) is 1. The molecule has 2 fully saturated rings. The van der Waals surface area contributed by atoms with Crippen LogP contribution < -0.4 is 5.73 Å². The summed E-state index contributed by atoms with van der Waals surface area (Å²) in [6, 6.07) is 3.26. The highest BCUT2D eigenvalue weighted by molar-refractivity contribution is 5.73. The number of rotatable bonds is 4. The van der Waals surface area contributed by atoms with E-state index in [2.05, 4.69) is 20.8 Å². The van der Waals surface area contributed by atoms with E-state index in [1.165, 1.54) is 24.0 Å². The molecule has 1 aromatic rings. The van der Waals surface area contributed by atoms with Gasteiger partial charge >= 0.3 is 0 Å². The predicted octanol–water partition coefficient (Wildman–Crippen LogP) is 2.84. The standard InChI is InChI=1S/C22H32F2N2O3/c1-12-6-17(29-19-18(12)21(3,4)22(5,25)20(19)28)11-26(13(2)27)10-14-7-15(23)9-16(24)8-14/h7-9,12,17-20,28H,6,10-11,25H2,1-5H3. The number of amides is 1. The summed E-state index contributed by atoms with van der Waals surface area (Å²) >= 11 is 0. The van der Waals surface area contributed by atoms with Crippen LogP contribution in [0.15, 0.2) is 18.2 Å². The van der Waals surface area contributed by atoms with Gasteiger partial charge in [0.05, 0.1) is 18.3 Å². The topological polar surface area (TPSA) is 75.8 Å². The van der Waals surface area contributed by atoms with E-state index in [9.17, 15) is 18.7 Å². The van der Waals surface area contributed by atoms with E-state index in [-0.39, 0.29) is 42.4 Å². The van der Waals surface area contributed by atoms with Gasteiger partial charge in [-0.05, 0) is 48.3 Å². The Bertz CT molecular complexity index is 763. The fourth-order valence-corrected chi connectivity index (χ4v) is 5.31. The Labute approximate surface area is 171 Å². The summed E-state index contributed by atoms with van der Waals surface area (Å²) in [7, 11) is 0. The zero-order valence-corrected chi connectivity index (χ0v) is 17.8. The largest absolute Gasteiger partial charge is 0.388 e. The van der Waals surface area contributed by atoms with Gasteiger partial charge in [-0.1, -0.05) is 20.8 Å². The molecule has 7 heteroatoms. The smallest absolute Gasteiger partial charge is 0.219 e. The molecule has 1 aliphatic carbocycles. The van der Waals surface area contributed by atoms with E-state index >= 15 is 0 Å². The fraction of sp³-hybridized carbons (Fsp3) is 0.682. The van der Waals surface area contributed by atoms with Gasteiger partial charge < -0.3 is 20.5 Å². The van der Waals surface area contributed by atoms with Crippen molar-refractivity contribution in [3.8, 4) is 0 Å². The lowest BCUT2D eigenvalue weighted by Gasteiger charge is -2.45. The van der Waals surface area contributed by atoms with Crippen LogP contribution >= 0.6 is 0 Å². The minimum Gasteiger partial charge on any atom is -0.388 e. The maximum absolute atomic E-state index is 13.5. The van der Waals surface area contributed by atoms with Crippen molar-refractivity contribution < 1.29 is 23.4 Å². The summed E-state index contributed by atoms with van der Waals surface area (Å²) in [4.78, 5) is 13.7. The third kappa shape index (κ3) is 3.92. The summed E-state index contributed by atoms with van der Waals surface area (Å²) in [6.07, 6.45) is -0.785. The molecule has 162 valence electrons. The molecule has 6 atom stereocenters. The second kappa shape index (κ2) is 7.60. The first kappa shape index (κ1) is 22.1. The molecule has 1 amide bonds. The summed E-state index contributed by atoms with van der Waals surface area (Å²) < 4.78 is 33.3. The molecule has 0 spiro atoms. The Morgan fingerprint density at radius 2 is 1.86 bits per heavy atom. The SMILES string of the molecule is CC(=O)N(Cc1cc(F)cc(F)c1)CC1CC(C)C2C(O1)C(O)C(C)(N)C2(C)C. The quantitative estimate of drug-likeness (QED) is 0.800. The van der Waals surface area contributed by atoms with Crippen molar-refractivity contribution >= 4 is 5.91 Å². The average Bonchev–Trinajstić information content (AvgIpc) is 2.71. The molecule has 29 heavy (non-hydrogen) atoms. The number of nitrogens with zero attached hydrogens (tertiary/aromatic N) is 1. The number of benzene rings is 1. The number of halogens is 2. The van der Waals surface area contributed by atoms with E-state index in [0.29, 0.717) is 12.0 Å². The van der Waals surface area contributed by atoms with Gasteiger partial charge in [0, 0.05) is 31.6 Å². The molecule has 3 rings (SSSR count). The lowest BCUT2D eigenvalue weighted by Crippen LogP contribution is -2.55. The zero-order valence-electron chi connectivity index (χ0n) is 17.8. The summed E-state index contributed by atoms with van der Waals surface area (Å²) in [5, 5.41) is 10.8. The van der Waals surface area contributed by atoms with Crippen molar-refractivity contribution in [2.75, 3.05) is 6.54 Å². The first-order valence-electron chi connectivity index (χ1n) is 10.2. The van der Waals surface area contributed by atoms with E-state index in [1.54, 1.807) is 0 Å². The number of ether oxygens (including phenoxy) is 1. The van der Waals surface area contributed by atoms with E-state index in [0.717, 1.165) is 6.07 Å². The zero-order chi connectivity index (χ0) is 21.7. The Hall–Kier alpha value is -1.57. The minimum atomic E-state index is -0.809. The summed E-state index contributed by atoms with van der Waals surface area (Å²) in [5.74, 6) is -1.20. The Kier molecular flexibility index (Phi) is 5.80. The fourth-order valence-electron chi connectivity index (χ4n) is 5.31. The molecule has 0 bridgehead atoms. The van der Waals surface area contributed by atoms with E-state index in [4.69, 9.17) is 10.5 Å². The van der Waals surface area contributed by atoms with Gasteiger partial charge in [0.1, 0.15) is 11.6 Å². The van der Waals surface area contributed by atoms with Crippen LogP contribution in [0.1, 0.15) is 46.6 Å². The Morgan fingerprint density at radius 1 is 1.28 bits per heavy atom. The first-order valence-corrected chi connectivity index (χ1v) is 10.2. The van der Waals surface area contributed by atoms with Crippen LogP contribution in [0, 0.1) is 28.9 Å². The van der Waals surface area contributed by atoms with Crippen molar-refractivity contribution in [2.45, 2.75) is 71.4 Å². The first-order chi connectivity index (χ1) is 13.3. The van der Waals surface area contributed by atoms with Gasteiger partial charge in [0.25, 0.3) is 0 Å². The maximum Gasteiger partial charge on any atom is 0.219 e. The van der Waals surface area contributed by atoms with Crippen LogP contribution in [0.4, 0.5) is 8.78 Å². The second-order valence-corrected chi connectivity index (χ2v) is 9.59. The third-order valence-corrected chi connectivity index (χ3v) is 7.26. The van der Waals surface area contributed by atoms with Crippen molar-refractivity contribution in [1.29, 1.82) is 0 Å². The molecule has 1 saturated carbocycles. The highest BCUT2D eigenvalue weighted by atomic mass is 19.1. The number of carbonyl (C=O) groups excluding carboxylic acids is 1. The molecule has 3 N–H and O–H groups in total. The van der Waals surface area contributed by atoms with Crippen LogP contribution in [-0.2, 0) is 16.1 Å². The minimum absolute atomic E-state index is 0.0923. The molecular formula is C22H32F2N2O3. The molecule has 2 aliphatic rings. The number of aliphatic hydroxyl groups excluding tert-OH is 1. The number of fused-ring (bicyclic) bond motifs is 1. The highest BCUT2D eigenvalue weighted by Crippen LogP contribution is 2.55. The maximum atomic E-state index is 13.5.